The summed E-state index contributed by atoms with van der Waals surface area (Å²) in [7, 11) is -3.15. The van der Waals surface area contributed by atoms with E-state index in [1.165, 1.54) is 0 Å². The second-order valence-corrected chi connectivity index (χ2v) is 7.36. The summed E-state index contributed by atoms with van der Waals surface area (Å²) in [5.41, 5.74) is 2.21. The first kappa shape index (κ1) is 15.5. The van der Waals surface area contributed by atoms with Crippen molar-refractivity contribution in [3.8, 4) is 0 Å². The highest BCUT2D eigenvalue weighted by Gasteiger charge is 2.20. The lowest BCUT2D eigenvalue weighted by molar-refractivity contribution is 0.402. The molecule has 2 heterocycles. The molecule has 1 aliphatic rings. The molecule has 6 nitrogen and oxygen atoms in total. The van der Waals surface area contributed by atoms with Crippen molar-refractivity contribution in [3.05, 3.63) is 17.5 Å². The van der Waals surface area contributed by atoms with Crippen LogP contribution in [0.5, 0.6) is 0 Å². The van der Waals surface area contributed by atoms with Crippen LogP contribution in [0.4, 0.5) is 0 Å². The molecule has 0 saturated carbocycles. The Hall–Kier alpha value is -0.920. The van der Waals surface area contributed by atoms with E-state index < -0.39 is 10.0 Å². The zero-order chi connectivity index (χ0) is 14.4. The maximum Gasteiger partial charge on any atom is 0.211 e. The monoisotopic (exact) mass is 300 g/mol. The third-order valence-corrected chi connectivity index (χ3v) is 5.29. The SMILES string of the molecule is Cc1[nH]ncc1CCCNS(=O)(=O)CC1CCCNC1. The van der Waals surface area contributed by atoms with E-state index in [2.05, 4.69) is 20.2 Å². The van der Waals surface area contributed by atoms with Gasteiger partial charge in [-0.3, -0.25) is 5.10 Å². The van der Waals surface area contributed by atoms with Crippen molar-refractivity contribution in [2.24, 2.45) is 5.92 Å². The summed E-state index contributed by atoms with van der Waals surface area (Å²) in [5.74, 6) is 0.488. The van der Waals surface area contributed by atoms with Gasteiger partial charge in [0.2, 0.25) is 10.0 Å². The van der Waals surface area contributed by atoms with Gasteiger partial charge in [0.15, 0.2) is 0 Å². The topological polar surface area (TPSA) is 86.9 Å². The minimum atomic E-state index is -3.15. The quantitative estimate of drug-likeness (QED) is 0.643. The third-order valence-electron chi connectivity index (χ3n) is 3.73. The summed E-state index contributed by atoms with van der Waals surface area (Å²) in [4.78, 5) is 0. The molecule has 1 atom stereocenters. The van der Waals surface area contributed by atoms with Gasteiger partial charge >= 0.3 is 0 Å². The number of sulfonamides is 1. The number of piperidine rings is 1. The molecule has 0 spiro atoms. The molecule has 2 rings (SSSR count). The van der Waals surface area contributed by atoms with Gasteiger partial charge in [-0.25, -0.2) is 13.1 Å². The van der Waals surface area contributed by atoms with Crippen molar-refractivity contribution in [2.45, 2.75) is 32.6 Å². The average Bonchev–Trinajstić information content (AvgIpc) is 2.81. The van der Waals surface area contributed by atoms with Crippen LogP contribution in [0.2, 0.25) is 0 Å². The zero-order valence-corrected chi connectivity index (χ0v) is 12.8. The molecule has 114 valence electrons. The van der Waals surface area contributed by atoms with E-state index in [0.717, 1.165) is 50.0 Å². The van der Waals surface area contributed by atoms with Crippen LogP contribution in [-0.2, 0) is 16.4 Å². The Balaban J connectivity index is 1.68. The molecule has 1 unspecified atom stereocenters. The molecule has 3 N–H and O–H groups in total. The second-order valence-electron chi connectivity index (χ2n) is 5.51. The van der Waals surface area contributed by atoms with Crippen LogP contribution in [-0.4, -0.2) is 44.0 Å². The van der Waals surface area contributed by atoms with Crippen LogP contribution in [0.3, 0.4) is 0 Å². The third kappa shape index (κ3) is 4.88. The van der Waals surface area contributed by atoms with Crippen LogP contribution in [0.1, 0.15) is 30.5 Å². The van der Waals surface area contributed by atoms with Crippen molar-refractivity contribution in [1.29, 1.82) is 0 Å². The Kier molecular flexibility index (Phi) is 5.56. The number of aryl methyl sites for hydroxylation is 2. The standard InChI is InChI=1S/C13H24N4O2S/c1-11-13(9-15-17-11)5-3-7-16-20(18,19)10-12-4-2-6-14-8-12/h9,12,14,16H,2-8,10H2,1H3,(H,15,17). The van der Waals surface area contributed by atoms with Crippen molar-refractivity contribution < 1.29 is 8.42 Å². The lowest BCUT2D eigenvalue weighted by atomic mass is 10.0. The van der Waals surface area contributed by atoms with Gasteiger partial charge < -0.3 is 5.32 Å². The van der Waals surface area contributed by atoms with Crippen molar-refractivity contribution in [2.75, 3.05) is 25.4 Å². The van der Waals surface area contributed by atoms with Crippen LogP contribution < -0.4 is 10.0 Å². The lowest BCUT2D eigenvalue weighted by Crippen LogP contribution is -2.37. The summed E-state index contributed by atoms with van der Waals surface area (Å²) in [6, 6.07) is 0. The van der Waals surface area contributed by atoms with Gasteiger partial charge in [0.05, 0.1) is 11.9 Å². The maximum absolute atomic E-state index is 12.0. The summed E-state index contributed by atoms with van der Waals surface area (Å²) in [6.45, 7) is 4.29. The fraction of sp³-hybridized carbons (Fsp3) is 0.769. The van der Waals surface area contributed by atoms with Gasteiger partial charge in [-0.15, -0.1) is 0 Å². The van der Waals surface area contributed by atoms with Crippen LogP contribution >= 0.6 is 0 Å². The molecule has 1 saturated heterocycles. The van der Waals surface area contributed by atoms with Crippen molar-refractivity contribution in [1.82, 2.24) is 20.2 Å². The molecule has 20 heavy (non-hydrogen) atoms. The number of nitrogens with zero attached hydrogens (tertiary/aromatic N) is 1. The first-order valence-electron chi connectivity index (χ1n) is 7.24. The molecule has 0 aliphatic carbocycles. The zero-order valence-electron chi connectivity index (χ0n) is 12.0. The summed E-state index contributed by atoms with van der Waals surface area (Å²) < 4.78 is 26.6. The molecule has 0 bridgehead atoms. The van der Waals surface area contributed by atoms with Crippen LogP contribution in [0, 0.1) is 12.8 Å². The minimum Gasteiger partial charge on any atom is -0.316 e. The molecule has 7 heteroatoms. The molecular formula is C13H24N4O2S. The van der Waals surface area contributed by atoms with Crippen LogP contribution in [0.25, 0.3) is 0 Å². The van der Waals surface area contributed by atoms with Gasteiger partial charge in [-0.05, 0) is 57.2 Å². The van der Waals surface area contributed by atoms with Gasteiger partial charge in [0.1, 0.15) is 0 Å². The fourth-order valence-electron chi connectivity index (χ4n) is 2.57. The van der Waals surface area contributed by atoms with Crippen LogP contribution in [0.15, 0.2) is 6.20 Å². The van der Waals surface area contributed by atoms with Gasteiger partial charge in [0, 0.05) is 12.2 Å². The highest BCUT2D eigenvalue weighted by atomic mass is 32.2. The van der Waals surface area contributed by atoms with E-state index in [4.69, 9.17) is 0 Å². The number of rotatable bonds is 7. The van der Waals surface area contributed by atoms with Gasteiger partial charge in [0.25, 0.3) is 0 Å². The predicted octanol–water partition coefficient (Wildman–Crippen LogP) is 0.570. The maximum atomic E-state index is 12.0. The van der Waals surface area contributed by atoms with E-state index >= 15 is 0 Å². The van der Waals surface area contributed by atoms with Crippen molar-refractivity contribution in [3.63, 3.8) is 0 Å². The Morgan fingerprint density at radius 2 is 2.35 bits per heavy atom. The highest BCUT2D eigenvalue weighted by Crippen LogP contribution is 2.12. The molecule has 0 radical (unpaired) electrons. The number of H-pyrrole nitrogens is 1. The highest BCUT2D eigenvalue weighted by molar-refractivity contribution is 7.89. The Labute approximate surface area is 120 Å². The fourth-order valence-corrected chi connectivity index (χ4v) is 4.05. The number of aromatic nitrogens is 2. The number of hydrogen-bond donors (Lipinski definition) is 3. The van der Waals surface area contributed by atoms with Gasteiger partial charge in [-0.1, -0.05) is 0 Å². The Morgan fingerprint density at radius 1 is 1.50 bits per heavy atom. The smallest absolute Gasteiger partial charge is 0.211 e. The molecule has 0 amide bonds. The summed E-state index contributed by atoms with van der Waals surface area (Å²) in [6.07, 6.45) is 5.51. The lowest BCUT2D eigenvalue weighted by Gasteiger charge is -2.22. The normalized spacial score (nSPS) is 20.1. The molecule has 0 aromatic carbocycles. The average molecular weight is 300 g/mol. The summed E-state index contributed by atoms with van der Waals surface area (Å²) in [5, 5.41) is 10.1. The molecule has 1 fully saturated rings. The van der Waals surface area contributed by atoms with E-state index in [-0.39, 0.29) is 11.7 Å². The second kappa shape index (κ2) is 7.19. The number of nitrogens with one attached hydrogen (secondary N) is 3. The molecule has 1 aromatic heterocycles. The Morgan fingerprint density at radius 3 is 3.00 bits per heavy atom. The van der Waals surface area contributed by atoms with E-state index in [0.29, 0.717) is 6.54 Å². The largest absolute Gasteiger partial charge is 0.316 e. The number of aromatic amines is 1. The van der Waals surface area contributed by atoms with Gasteiger partial charge in [-0.2, -0.15) is 5.10 Å². The molecular weight excluding hydrogens is 276 g/mol. The number of hydrogen-bond acceptors (Lipinski definition) is 4. The molecule has 1 aromatic rings. The molecule has 1 aliphatic heterocycles. The predicted molar refractivity (Wildman–Crippen MR) is 79.0 cm³/mol. The summed E-state index contributed by atoms with van der Waals surface area (Å²) >= 11 is 0. The Bertz CT molecular complexity index is 506. The minimum absolute atomic E-state index is 0.241. The van der Waals surface area contributed by atoms with E-state index in [1.54, 1.807) is 6.20 Å². The van der Waals surface area contributed by atoms with E-state index in [9.17, 15) is 8.42 Å². The van der Waals surface area contributed by atoms with E-state index in [1.807, 2.05) is 6.92 Å². The van der Waals surface area contributed by atoms with Crippen molar-refractivity contribution >= 4 is 10.0 Å². The first-order chi connectivity index (χ1) is 9.57. The first-order valence-corrected chi connectivity index (χ1v) is 8.89.